The number of nitro benzene ring substituents is 2. The average Bonchev–Trinajstić information content (AvgIpc) is 3.13. The van der Waals surface area contributed by atoms with E-state index in [2.05, 4.69) is 0 Å². The number of non-ortho nitro benzene ring substituents is 2. The monoisotopic (exact) mass is 455 g/mol. The zero-order valence-corrected chi connectivity index (χ0v) is 17.6. The van der Waals surface area contributed by atoms with Crippen molar-refractivity contribution in [2.24, 2.45) is 0 Å². The number of amides is 1. The number of aryl methyl sites for hydroxylation is 1. The Morgan fingerprint density at radius 3 is 2.36 bits per heavy atom. The van der Waals surface area contributed by atoms with Gasteiger partial charge in [0.05, 0.1) is 21.4 Å². The van der Waals surface area contributed by atoms with Gasteiger partial charge in [-0.05, 0) is 18.6 Å². The van der Waals surface area contributed by atoms with Crippen molar-refractivity contribution in [1.29, 1.82) is 0 Å². The number of rotatable bonds is 7. The van der Waals surface area contributed by atoms with Crippen LogP contribution in [0.2, 0.25) is 0 Å². The molecule has 0 radical (unpaired) electrons. The first-order chi connectivity index (χ1) is 15.8. The van der Waals surface area contributed by atoms with Crippen LogP contribution < -0.4 is 10.7 Å². The Hall–Kier alpha value is -4.22. The zero-order chi connectivity index (χ0) is 23.5. The highest BCUT2D eigenvalue weighted by Gasteiger charge is 2.22. The van der Waals surface area contributed by atoms with Gasteiger partial charge in [0, 0.05) is 63.0 Å². The second-order valence-corrected chi connectivity index (χ2v) is 7.68. The Kier molecular flexibility index (Phi) is 6.07. The molecule has 33 heavy (non-hydrogen) atoms. The third kappa shape index (κ3) is 4.68. The molecule has 12 heteroatoms. The third-order valence-electron chi connectivity index (χ3n) is 5.67. The number of carbonyl (C=O) groups excluding carboxylic acids is 1. The SMILES string of the molecule is O=C(CCCn1c(=O)oc2cc([N+](=O)[O-])ccc21)N1CCN(c2cccc([N+](=O)[O-])c2)CC1. The molecule has 0 saturated carbocycles. The van der Waals surface area contributed by atoms with E-state index in [1.165, 1.54) is 34.9 Å². The van der Waals surface area contributed by atoms with Crippen molar-refractivity contribution in [3.8, 4) is 0 Å². The summed E-state index contributed by atoms with van der Waals surface area (Å²) in [4.78, 5) is 49.4. The van der Waals surface area contributed by atoms with Gasteiger partial charge in [-0.25, -0.2) is 4.79 Å². The highest BCUT2D eigenvalue weighted by atomic mass is 16.6. The molecule has 0 unspecified atom stereocenters. The predicted molar refractivity (Wildman–Crippen MR) is 118 cm³/mol. The number of nitrogens with zero attached hydrogens (tertiary/aromatic N) is 5. The number of hydrogen-bond donors (Lipinski definition) is 0. The molecule has 2 heterocycles. The fourth-order valence-corrected chi connectivity index (χ4v) is 3.94. The summed E-state index contributed by atoms with van der Waals surface area (Å²) in [6.45, 7) is 2.39. The molecular formula is C21H21N5O7. The Morgan fingerprint density at radius 1 is 0.970 bits per heavy atom. The van der Waals surface area contributed by atoms with Gasteiger partial charge < -0.3 is 14.2 Å². The van der Waals surface area contributed by atoms with Crippen molar-refractivity contribution in [3.05, 3.63) is 73.2 Å². The number of hydrogen-bond acceptors (Lipinski definition) is 8. The summed E-state index contributed by atoms with van der Waals surface area (Å²) in [6.07, 6.45) is 0.651. The molecule has 0 spiro atoms. The number of nitro groups is 2. The normalized spacial score (nSPS) is 13.9. The summed E-state index contributed by atoms with van der Waals surface area (Å²) in [5.41, 5.74) is 1.20. The molecule has 3 aromatic rings. The summed E-state index contributed by atoms with van der Waals surface area (Å²) in [5, 5.41) is 21.9. The first-order valence-electron chi connectivity index (χ1n) is 10.4. The Balaban J connectivity index is 1.31. The van der Waals surface area contributed by atoms with Gasteiger partial charge in [0.2, 0.25) is 5.91 Å². The molecule has 1 aromatic heterocycles. The summed E-state index contributed by atoms with van der Waals surface area (Å²) in [7, 11) is 0. The van der Waals surface area contributed by atoms with Crippen LogP contribution in [-0.2, 0) is 11.3 Å². The minimum Gasteiger partial charge on any atom is -0.407 e. The lowest BCUT2D eigenvalue weighted by atomic mass is 10.2. The van der Waals surface area contributed by atoms with Gasteiger partial charge in [-0.1, -0.05) is 6.07 Å². The smallest absolute Gasteiger partial charge is 0.407 e. The van der Waals surface area contributed by atoms with Crippen LogP contribution in [0.5, 0.6) is 0 Å². The third-order valence-corrected chi connectivity index (χ3v) is 5.67. The summed E-state index contributed by atoms with van der Waals surface area (Å²) in [5.74, 6) is -0.659. The molecule has 4 rings (SSSR count). The average molecular weight is 455 g/mol. The fraction of sp³-hybridized carbons (Fsp3) is 0.333. The van der Waals surface area contributed by atoms with E-state index in [-0.39, 0.29) is 35.8 Å². The molecular weight excluding hydrogens is 434 g/mol. The van der Waals surface area contributed by atoms with E-state index < -0.39 is 15.6 Å². The molecule has 0 bridgehead atoms. The number of benzene rings is 2. The molecule has 0 N–H and O–H groups in total. The van der Waals surface area contributed by atoms with Gasteiger partial charge in [0.25, 0.3) is 11.4 Å². The van der Waals surface area contributed by atoms with Gasteiger partial charge in [0.15, 0.2) is 5.58 Å². The van der Waals surface area contributed by atoms with Crippen LogP contribution in [0.25, 0.3) is 11.1 Å². The summed E-state index contributed by atoms with van der Waals surface area (Å²) in [6, 6.07) is 10.4. The molecule has 1 aliphatic rings. The molecule has 1 aliphatic heterocycles. The maximum atomic E-state index is 12.6. The Morgan fingerprint density at radius 2 is 1.67 bits per heavy atom. The first kappa shape index (κ1) is 22.0. The van der Waals surface area contributed by atoms with Crippen molar-refractivity contribution in [2.45, 2.75) is 19.4 Å². The number of fused-ring (bicyclic) bond motifs is 1. The minimum atomic E-state index is -0.622. The van der Waals surface area contributed by atoms with Gasteiger partial charge in [-0.2, -0.15) is 0 Å². The van der Waals surface area contributed by atoms with Gasteiger partial charge in [-0.15, -0.1) is 0 Å². The number of aromatic nitrogens is 1. The van der Waals surface area contributed by atoms with Gasteiger partial charge >= 0.3 is 5.76 Å². The van der Waals surface area contributed by atoms with Crippen LogP contribution in [0.4, 0.5) is 17.1 Å². The summed E-state index contributed by atoms with van der Waals surface area (Å²) < 4.78 is 6.47. The molecule has 12 nitrogen and oxygen atoms in total. The lowest BCUT2D eigenvalue weighted by Gasteiger charge is -2.36. The molecule has 0 aliphatic carbocycles. The maximum Gasteiger partial charge on any atom is 0.419 e. The second-order valence-electron chi connectivity index (χ2n) is 7.68. The van der Waals surface area contributed by atoms with Crippen molar-refractivity contribution >= 4 is 34.1 Å². The van der Waals surface area contributed by atoms with Crippen LogP contribution in [0.15, 0.2) is 51.7 Å². The van der Waals surface area contributed by atoms with Crippen LogP contribution in [-0.4, -0.2) is 51.4 Å². The maximum absolute atomic E-state index is 12.6. The fourth-order valence-electron chi connectivity index (χ4n) is 3.94. The summed E-state index contributed by atoms with van der Waals surface area (Å²) >= 11 is 0. The number of anilines is 1. The van der Waals surface area contributed by atoms with E-state index in [1.807, 2.05) is 11.0 Å². The number of carbonyl (C=O) groups is 1. The Bertz CT molecular complexity index is 1270. The standard InChI is InChI=1S/C21H21N5O7/c27-20(23-11-9-22(10-12-23)15-3-1-4-16(13-15)25(29)30)5-2-8-24-18-7-6-17(26(31)32)14-19(18)33-21(24)28/h1,3-4,6-7,13-14H,2,5,8-12H2. The van der Waals surface area contributed by atoms with Crippen LogP contribution in [0.1, 0.15) is 12.8 Å². The van der Waals surface area contributed by atoms with Crippen LogP contribution in [0.3, 0.4) is 0 Å². The van der Waals surface area contributed by atoms with E-state index in [4.69, 9.17) is 4.42 Å². The van der Waals surface area contributed by atoms with Gasteiger partial charge in [-0.3, -0.25) is 29.6 Å². The van der Waals surface area contributed by atoms with Crippen molar-refractivity contribution in [3.63, 3.8) is 0 Å². The Labute approximate surface area is 186 Å². The van der Waals surface area contributed by atoms with Crippen LogP contribution >= 0.6 is 0 Å². The quantitative estimate of drug-likeness (QED) is 0.390. The lowest BCUT2D eigenvalue weighted by Crippen LogP contribution is -2.48. The zero-order valence-electron chi connectivity index (χ0n) is 17.6. The van der Waals surface area contributed by atoms with E-state index in [0.717, 1.165) is 5.69 Å². The van der Waals surface area contributed by atoms with Crippen LogP contribution in [0, 0.1) is 20.2 Å². The highest BCUT2D eigenvalue weighted by molar-refractivity contribution is 5.77. The molecule has 1 amide bonds. The van der Waals surface area contributed by atoms with Gasteiger partial charge in [0.1, 0.15) is 0 Å². The van der Waals surface area contributed by atoms with E-state index in [1.54, 1.807) is 11.0 Å². The molecule has 1 saturated heterocycles. The molecule has 172 valence electrons. The van der Waals surface area contributed by atoms with Crippen molar-refractivity contribution < 1.29 is 19.1 Å². The topological polar surface area (TPSA) is 145 Å². The number of oxazole rings is 1. The molecule has 2 aromatic carbocycles. The molecule has 1 fully saturated rings. The second kappa shape index (κ2) is 9.10. The molecule has 0 atom stereocenters. The highest BCUT2D eigenvalue weighted by Crippen LogP contribution is 2.23. The lowest BCUT2D eigenvalue weighted by molar-refractivity contribution is -0.385. The predicted octanol–water partition coefficient (Wildman–Crippen LogP) is 2.54. The first-order valence-corrected chi connectivity index (χ1v) is 10.4. The van der Waals surface area contributed by atoms with E-state index in [9.17, 15) is 29.8 Å². The number of piperazine rings is 1. The van der Waals surface area contributed by atoms with Crippen molar-refractivity contribution in [2.75, 3.05) is 31.1 Å². The van der Waals surface area contributed by atoms with Crippen molar-refractivity contribution in [1.82, 2.24) is 9.47 Å². The van der Waals surface area contributed by atoms with E-state index >= 15 is 0 Å². The largest absolute Gasteiger partial charge is 0.419 e. The van der Waals surface area contributed by atoms with E-state index in [0.29, 0.717) is 38.1 Å². The minimum absolute atomic E-state index is 0.0302.